The van der Waals surface area contributed by atoms with Crippen LogP contribution in [0.1, 0.15) is 10.4 Å². The molecule has 0 aliphatic rings. The van der Waals surface area contributed by atoms with Crippen molar-refractivity contribution in [3.63, 3.8) is 0 Å². The van der Waals surface area contributed by atoms with Gasteiger partial charge in [0.15, 0.2) is 0 Å². The molecule has 6 heteroatoms. The number of halogens is 1. The number of rotatable bonds is 4. The summed E-state index contributed by atoms with van der Waals surface area (Å²) < 4.78 is 12.7. The largest absolute Gasteiger partial charge is 0.343 e. The van der Waals surface area contributed by atoms with Gasteiger partial charge in [-0.25, -0.2) is 4.39 Å². The number of amides is 2. The summed E-state index contributed by atoms with van der Waals surface area (Å²) in [6, 6.07) is 8.45. The molecular weight excluding hydrogens is 261 g/mol. The van der Waals surface area contributed by atoms with Crippen molar-refractivity contribution in [2.24, 2.45) is 0 Å². The second kappa shape index (κ2) is 6.42. The maximum Gasteiger partial charge on any atom is 0.251 e. The number of carbonyl (C=O) groups excluding carboxylic acids is 2. The molecule has 0 aliphatic carbocycles. The fourth-order valence-corrected chi connectivity index (χ4v) is 1.51. The van der Waals surface area contributed by atoms with Crippen LogP contribution < -0.4 is 10.6 Å². The van der Waals surface area contributed by atoms with E-state index >= 15 is 0 Å². The fourth-order valence-electron chi connectivity index (χ4n) is 1.51. The minimum atomic E-state index is -0.439. The number of nitrogens with zero attached hydrogens (tertiary/aromatic N) is 1. The summed E-state index contributed by atoms with van der Waals surface area (Å²) in [6.45, 7) is -0.175. The maximum absolute atomic E-state index is 12.7. The second-order valence-electron chi connectivity index (χ2n) is 3.98. The molecule has 0 spiro atoms. The lowest BCUT2D eigenvalue weighted by atomic mass is 10.2. The predicted octanol–water partition coefficient (Wildman–Crippen LogP) is 1.59. The van der Waals surface area contributed by atoms with E-state index in [9.17, 15) is 14.0 Å². The highest BCUT2D eigenvalue weighted by molar-refractivity contribution is 5.99. The Hall–Kier alpha value is -2.76. The Balaban J connectivity index is 1.84. The summed E-state index contributed by atoms with van der Waals surface area (Å²) in [5.74, 6) is -1.23. The molecule has 0 fully saturated rings. The van der Waals surface area contributed by atoms with Gasteiger partial charge in [0.2, 0.25) is 5.91 Å². The van der Waals surface area contributed by atoms with Crippen LogP contribution in [0.4, 0.5) is 10.1 Å². The molecule has 2 amide bonds. The van der Waals surface area contributed by atoms with Gasteiger partial charge in [0.1, 0.15) is 5.82 Å². The van der Waals surface area contributed by atoms with E-state index < -0.39 is 11.7 Å². The molecule has 0 bridgehead atoms. The van der Waals surface area contributed by atoms with E-state index in [0.29, 0.717) is 11.3 Å². The van der Waals surface area contributed by atoms with E-state index in [1.807, 2.05) is 0 Å². The Morgan fingerprint density at radius 3 is 2.55 bits per heavy atom. The van der Waals surface area contributed by atoms with Gasteiger partial charge in [-0.15, -0.1) is 0 Å². The number of carbonyl (C=O) groups is 2. The molecule has 2 rings (SSSR count). The van der Waals surface area contributed by atoms with Gasteiger partial charge in [0.05, 0.1) is 18.4 Å². The van der Waals surface area contributed by atoms with E-state index in [1.165, 1.54) is 30.5 Å². The maximum atomic E-state index is 12.7. The molecular formula is C14H12FN3O2. The molecule has 1 aromatic carbocycles. The molecule has 0 saturated heterocycles. The van der Waals surface area contributed by atoms with Gasteiger partial charge in [-0.1, -0.05) is 0 Å². The molecule has 0 unspecified atom stereocenters. The molecule has 20 heavy (non-hydrogen) atoms. The van der Waals surface area contributed by atoms with E-state index in [2.05, 4.69) is 15.6 Å². The van der Waals surface area contributed by atoms with E-state index in [0.717, 1.165) is 0 Å². The third-order valence-electron chi connectivity index (χ3n) is 2.46. The summed E-state index contributed by atoms with van der Waals surface area (Å²) in [5.41, 5.74) is 0.842. The van der Waals surface area contributed by atoms with Crippen LogP contribution in [0.25, 0.3) is 0 Å². The first-order valence-electron chi connectivity index (χ1n) is 5.89. The van der Waals surface area contributed by atoms with Crippen LogP contribution in [0, 0.1) is 5.82 Å². The molecule has 1 aromatic heterocycles. The van der Waals surface area contributed by atoms with Crippen molar-refractivity contribution in [1.29, 1.82) is 0 Å². The van der Waals surface area contributed by atoms with Crippen LogP contribution in [0.15, 0.2) is 48.8 Å². The summed E-state index contributed by atoms with van der Waals surface area (Å²) in [7, 11) is 0. The lowest BCUT2D eigenvalue weighted by molar-refractivity contribution is -0.115. The summed E-state index contributed by atoms with van der Waals surface area (Å²) >= 11 is 0. The third-order valence-corrected chi connectivity index (χ3v) is 2.46. The van der Waals surface area contributed by atoms with E-state index in [4.69, 9.17) is 0 Å². The molecule has 0 saturated carbocycles. The molecule has 0 aliphatic heterocycles. The number of hydrogen-bond donors (Lipinski definition) is 2. The van der Waals surface area contributed by atoms with Crippen LogP contribution in [0.5, 0.6) is 0 Å². The zero-order valence-electron chi connectivity index (χ0n) is 10.5. The number of anilines is 1. The Kier molecular flexibility index (Phi) is 4.39. The summed E-state index contributed by atoms with van der Waals surface area (Å²) in [4.78, 5) is 27.1. The van der Waals surface area contributed by atoms with Gasteiger partial charge in [-0.3, -0.25) is 14.6 Å². The number of pyridine rings is 1. The first-order chi connectivity index (χ1) is 9.65. The second-order valence-corrected chi connectivity index (χ2v) is 3.98. The van der Waals surface area contributed by atoms with Crippen molar-refractivity contribution < 1.29 is 14.0 Å². The monoisotopic (exact) mass is 273 g/mol. The van der Waals surface area contributed by atoms with Crippen molar-refractivity contribution in [3.05, 3.63) is 60.2 Å². The highest BCUT2D eigenvalue weighted by Gasteiger charge is 2.08. The van der Waals surface area contributed by atoms with Crippen LogP contribution in [-0.4, -0.2) is 23.3 Å². The number of nitrogens with one attached hydrogen (secondary N) is 2. The average Bonchev–Trinajstić information content (AvgIpc) is 2.46. The normalized spacial score (nSPS) is 9.85. The average molecular weight is 273 g/mol. The summed E-state index contributed by atoms with van der Waals surface area (Å²) in [6.07, 6.45) is 3.09. The first-order valence-corrected chi connectivity index (χ1v) is 5.89. The minimum absolute atomic E-state index is 0.175. The zero-order chi connectivity index (χ0) is 14.4. The number of hydrogen-bond acceptors (Lipinski definition) is 3. The van der Waals surface area contributed by atoms with Crippen LogP contribution in [0.3, 0.4) is 0 Å². The Morgan fingerprint density at radius 2 is 1.90 bits per heavy atom. The predicted molar refractivity (Wildman–Crippen MR) is 71.6 cm³/mol. The zero-order valence-corrected chi connectivity index (χ0v) is 10.5. The van der Waals surface area contributed by atoms with Gasteiger partial charge in [-0.2, -0.15) is 0 Å². The lowest BCUT2D eigenvalue weighted by Gasteiger charge is -2.06. The molecule has 1 heterocycles. The Labute approximate surface area is 114 Å². The van der Waals surface area contributed by atoms with Crippen molar-refractivity contribution in [1.82, 2.24) is 10.3 Å². The van der Waals surface area contributed by atoms with Crippen LogP contribution in [-0.2, 0) is 4.79 Å². The lowest BCUT2D eigenvalue weighted by Crippen LogP contribution is -2.32. The third kappa shape index (κ3) is 3.88. The molecule has 102 valence electrons. The topological polar surface area (TPSA) is 71.1 Å². The Bertz CT molecular complexity index is 600. The van der Waals surface area contributed by atoms with E-state index in [1.54, 1.807) is 18.3 Å². The van der Waals surface area contributed by atoms with E-state index in [-0.39, 0.29) is 12.5 Å². The van der Waals surface area contributed by atoms with Crippen molar-refractivity contribution >= 4 is 17.5 Å². The number of aromatic nitrogens is 1. The minimum Gasteiger partial charge on any atom is -0.343 e. The SMILES string of the molecule is O=C(CNC(=O)c1ccc(F)cc1)Nc1cccnc1. The van der Waals surface area contributed by atoms with Gasteiger partial charge in [-0.05, 0) is 36.4 Å². The molecule has 2 aromatic rings. The van der Waals surface area contributed by atoms with Gasteiger partial charge in [0, 0.05) is 11.8 Å². The molecule has 5 nitrogen and oxygen atoms in total. The molecule has 0 radical (unpaired) electrons. The standard InChI is InChI=1S/C14H12FN3O2/c15-11-5-3-10(4-6-11)14(20)17-9-13(19)18-12-2-1-7-16-8-12/h1-8H,9H2,(H,17,20)(H,18,19). The first kappa shape index (κ1) is 13.7. The van der Waals surface area contributed by atoms with Gasteiger partial charge < -0.3 is 10.6 Å². The van der Waals surface area contributed by atoms with Crippen molar-refractivity contribution in [2.45, 2.75) is 0 Å². The van der Waals surface area contributed by atoms with Crippen molar-refractivity contribution in [2.75, 3.05) is 11.9 Å². The highest BCUT2D eigenvalue weighted by atomic mass is 19.1. The molecule has 0 atom stereocenters. The fraction of sp³-hybridized carbons (Fsp3) is 0.0714. The summed E-state index contributed by atoms with van der Waals surface area (Å²) in [5, 5.41) is 5.03. The molecule has 2 N–H and O–H groups in total. The highest BCUT2D eigenvalue weighted by Crippen LogP contribution is 2.03. The van der Waals surface area contributed by atoms with Crippen LogP contribution >= 0.6 is 0 Å². The van der Waals surface area contributed by atoms with Crippen LogP contribution in [0.2, 0.25) is 0 Å². The quantitative estimate of drug-likeness (QED) is 0.888. The number of benzene rings is 1. The van der Waals surface area contributed by atoms with Gasteiger partial charge in [0.25, 0.3) is 5.91 Å². The Morgan fingerprint density at radius 1 is 1.15 bits per heavy atom. The smallest absolute Gasteiger partial charge is 0.251 e. The van der Waals surface area contributed by atoms with Gasteiger partial charge >= 0.3 is 0 Å². The van der Waals surface area contributed by atoms with Crippen molar-refractivity contribution in [3.8, 4) is 0 Å².